The first-order chi connectivity index (χ1) is 12.7. The average molecular weight is 380 g/mol. The molecule has 0 spiro atoms. The Kier molecular flexibility index (Phi) is 4.03. The number of phenolic OH excluding ortho intramolecular Hbond substituents is 1. The van der Waals surface area contributed by atoms with Gasteiger partial charge in [0.25, 0.3) is 0 Å². The molecule has 9 heteroatoms. The van der Waals surface area contributed by atoms with E-state index in [9.17, 15) is 23.4 Å². The van der Waals surface area contributed by atoms with Gasteiger partial charge in [-0.2, -0.15) is 13.2 Å². The van der Waals surface area contributed by atoms with E-state index in [1.54, 1.807) is 6.92 Å². The van der Waals surface area contributed by atoms with Gasteiger partial charge in [-0.3, -0.25) is 0 Å². The molecule has 0 radical (unpaired) electrons. The molecule has 144 valence electrons. The van der Waals surface area contributed by atoms with Crippen LogP contribution in [0.5, 0.6) is 5.75 Å². The van der Waals surface area contributed by atoms with Gasteiger partial charge in [0.05, 0.1) is 22.9 Å². The number of alkyl halides is 3. The normalized spacial score (nSPS) is 21.5. The van der Waals surface area contributed by atoms with Gasteiger partial charge < -0.3 is 15.1 Å². The highest BCUT2D eigenvalue weighted by atomic mass is 19.4. The van der Waals surface area contributed by atoms with Crippen LogP contribution < -0.4 is 4.90 Å². The van der Waals surface area contributed by atoms with Crippen LogP contribution in [0.1, 0.15) is 36.9 Å². The Labute approximate surface area is 153 Å². The minimum absolute atomic E-state index is 0.0379. The maximum Gasteiger partial charge on any atom is 0.416 e. The first-order valence-electron chi connectivity index (χ1n) is 8.80. The number of aliphatic hydroxyl groups is 1. The smallest absolute Gasteiger partial charge is 0.416 e. The highest BCUT2D eigenvalue weighted by Gasteiger charge is 2.52. The molecule has 2 fully saturated rings. The number of halogens is 3. The van der Waals surface area contributed by atoms with Crippen molar-refractivity contribution < 1.29 is 23.4 Å². The van der Waals surface area contributed by atoms with Crippen molar-refractivity contribution in [1.29, 1.82) is 0 Å². The van der Waals surface area contributed by atoms with Gasteiger partial charge in [0.1, 0.15) is 11.4 Å². The number of hydrogen-bond donors (Lipinski definition) is 2. The van der Waals surface area contributed by atoms with E-state index in [0.717, 1.165) is 38.3 Å². The van der Waals surface area contributed by atoms with Crippen LogP contribution in [-0.4, -0.2) is 43.6 Å². The zero-order chi connectivity index (χ0) is 19.4. The lowest BCUT2D eigenvalue weighted by Crippen LogP contribution is -2.41. The van der Waals surface area contributed by atoms with E-state index in [1.807, 2.05) is 4.90 Å². The largest absolute Gasteiger partial charge is 0.507 e. The first kappa shape index (κ1) is 18.0. The Bertz CT molecular complexity index is 883. The van der Waals surface area contributed by atoms with Crippen molar-refractivity contribution in [3.63, 3.8) is 0 Å². The van der Waals surface area contributed by atoms with Gasteiger partial charge in [0.2, 0.25) is 5.95 Å². The molecule has 0 amide bonds. The van der Waals surface area contributed by atoms with Crippen molar-refractivity contribution in [3.8, 4) is 17.0 Å². The fraction of sp³-hybridized carbons (Fsp3) is 0.500. The molecule has 1 saturated heterocycles. The molecule has 1 aliphatic carbocycles. The number of phenols is 1. The molecule has 1 aliphatic heterocycles. The fourth-order valence-electron chi connectivity index (χ4n) is 3.70. The molecule has 2 N–H and O–H groups in total. The van der Waals surface area contributed by atoms with Crippen LogP contribution in [0.3, 0.4) is 0 Å². The lowest BCUT2D eigenvalue weighted by molar-refractivity contribution is -0.137. The van der Waals surface area contributed by atoms with E-state index in [-0.39, 0.29) is 17.3 Å². The van der Waals surface area contributed by atoms with Crippen molar-refractivity contribution in [2.24, 2.45) is 0 Å². The molecule has 0 bridgehead atoms. The average Bonchev–Trinajstić information content (AvgIpc) is 3.15. The van der Waals surface area contributed by atoms with Gasteiger partial charge in [-0.25, -0.2) is 4.98 Å². The number of benzene rings is 1. The zero-order valence-corrected chi connectivity index (χ0v) is 14.7. The summed E-state index contributed by atoms with van der Waals surface area (Å²) in [5.74, 6) is -0.131. The minimum atomic E-state index is -4.54. The molecule has 1 atom stereocenters. The van der Waals surface area contributed by atoms with Gasteiger partial charge in [-0.15, -0.1) is 10.2 Å². The predicted molar refractivity (Wildman–Crippen MR) is 91.2 cm³/mol. The molecule has 6 nitrogen and oxygen atoms in total. The Morgan fingerprint density at radius 3 is 2.56 bits per heavy atom. The summed E-state index contributed by atoms with van der Waals surface area (Å²) in [6, 6.07) is 2.69. The minimum Gasteiger partial charge on any atom is -0.507 e. The first-order valence-corrected chi connectivity index (χ1v) is 8.80. The van der Waals surface area contributed by atoms with Crippen LogP contribution in [0.2, 0.25) is 0 Å². The van der Waals surface area contributed by atoms with E-state index < -0.39 is 23.1 Å². The Morgan fingerprint density at radius 1 is 1.22 bits per heavy atom. The summed E-state index contributed by atoms with van der Waals surface area (Å²) >= 11 is 0. The van der Waals surface area contributed by atoms with Crippen LogP contribution in [0.25, 0.3) is 11.3 Å². The molecule has 4 rings (SSSR count). The maximum absolute atomic E-state index is 12.8. The van der Waals surface area contributed by atoms with Crippen molar-refractivity contribution in [2.75, 3.05) is 11.4 Å². The number of hydrogen-bond acceptors (Lipinski definition) is 6. The topological polar surface area (TPSA) is 82.4 Å². The summed E-state index contributed by atoms with van der Waals surface area (Å²) in [5.41, 5.74) is -0.797. The van der Waals surface area contributed by atoms with Crippen molar-refractivity contribution in [3.05, 3.63) is 29.5 Å². The molecule has 2 heterocycles. The standard InChI is InChI=1S/C18H19F3N4O2/c1-10-15(12-5-4-11(9-13(12)26)18(19,20)21)23-24-16(22-10)25-8-2-3-14(25)17(27)6-7-17/h4-5,9,14,26-27H,2-3,6-8H2,1H3/t14-/m0/s1. The number of aryl methyl sites for hydroxylation is 1. The number of nitrogens with zero attached hydrogens (tertiary/aromatic N) is 4. The SMILES string of the molecule is Cc1nc(N2CCC[C@H]2C2(O)CC2)nnc1-c1ccc(C(F)(F)F)cc1O. The lowest BCUT2D eigenvalue weighted by atomic mass is 10.1. The van der Waals surface area contributed by atoms with Crippen LogP contribution in [0, 0.1) is 6.92 Å². The van der Waals surface area contributed by atoms with Crippen LogP contribution in [-0.2, 0) is 6.18 Å². The Balaban J connectivity index is 1.65. The van der Waals surface area contributed by atoms with Crippen molar-refractivity contribution in [2.45, 2.75) is 50.4 Å². The highest BCUT2D eigenvalue weighted by Crippen LogP contribution is 2.45. The molecule has 0 unspecified atom stereocenters. The maximum atomic E-state index is 12.8. The van der Waals surface area contributed by atoms with Crippen LogP contribution in [0.4, 0.5) is 19.1 Å². The van der Waals surface area contributed by atoms with E-state index in [4.69, 9.17) is 0 Å². The summed E-state index contributed by atoms with van der Waals surface area (Å²) in [5, 5.41) is 28.7. The fourth-order valence-corrected chi connectivity index (χ4v) is 3.70. The monoisotopic (exact) mass is 380 g/mol. The third-order valence-corrected chi connectivity index (χ3v) is 5.32. The molecule has 1 aromatic heterocycles. The number of rotatable bonds is 3. The summed E-state index contributed by atoms with van der Waals surface area (Å²) in [6.45, 7) is 2.39. The third-order valence-electron chi connectivity index (χ3n) is 5.32. The van der Waals surface area contributed by atoms with E-state index in [1.165, 1.54) is 6.07 Å². The predicted octanol–water partition coefficient (Wildman–Crippen LogP) is 3.07. The van der Waals surface area contributed by atoms with Gasteiger partial charge in [-0.05, 0) is 50.8 Å². The van der Waals surface area contributed by atoms with Crippen molar-refractivity contribution in [1.82, 2.24) is 15.2 Å². The molecule has 2 aromatic rings. The van der Waals surface area contributed by atoms with Gasteiger partial charge in [0.15, 0.2) is 0 Å². The molecular formula is C18H19F3N4O2. The third kappa shape index (κ3) is 3.20. The lowest BCUT2D eigenvalue weighted by Gasteiger charge is -2.28. The van der Waals surface area contributed by atoms with E-state index in [0.29, 0.717) is 17.7 Å². The van der Waals surface area contributed by atoms with Crippen molar-refractivity contribution >= 4 is 5.95 Å². The van der Waals surface area contributed by atoms with Crippen LogP contribution >= 0.6 is 0 Å². The Hall–Kier alpha value is -2.42. The Morgan fingerprint density at radius 2 is 1.96 bits per heavy atom. The summed E-state index contributed by atoms with van der Waals surface area (Å²) in [6.07, 6.45) is -1.22. The zero-order valence-electron chi connectivity index (χ0n) is 14.7. The molecule has 1 saturated carbocycles. The second-order valence-electron chi connectivity index (χ2n) is 7.23. The summed E-state index contributed by atoms with van der Waals surface area (Å²) in [7, 11) is 0. The summed E-state index contributed by atoms with van der Waals surface area (Å²) < 4.78 is 38.3. The molecule has 2 aliphatic rings. The number of anilines is 1. The number of aromatic nitrogens is 3. The van der Waals surface area contributed by atoms with E-state index >= 15 is 0 Å². The highest BCUT2D eigenvalue weighted by molar-refractivity contribution is 5.69. The van der Waals surface area contributed by atoms with E-state index in [2.05, 4.69) is 15.2 Å². The second-order valence-corrected chi connectivity index (χ2v) is 7.23. The van der Waals surface area contributed by atoms with Gasteiger partial charge in [-0.1, -0.05) is 0 Å². The second kappa shape index (κ2) is 6.05. The quantitative estimate of drug-likeness (QED) is 0.852. The summed E-state index contributed by atoms with van der Waals surface area (Å²) in [4.78, 5) is 6.39. The van der Waals surface area contributed by atoms with Gasteiger partial charge in [0, 0.05) is 12.1 Å². The molecular weight excluding hydrogens is 361 g/mol. The van der Waals surface area contributed by atoms with Crippen LogP contribution in [0.15, 0.2) is 18.2 Å². The molecule has 27 heavy (non-hydrogen) atoms. The molecule has 1 aromatic carbocycles. The van der Waals surface area contributed by atoms with Gasteiger partial charge >= 0.3 is 6.18 Å². The number of aromatic hydroxyl groups is 1.